The summed E-state index contributed by atoms with van der Waals surface area (Å²) in [6.07, 6.45) is 1.37. The van der Waals surface area contributed by atoms with Gasteiger partial charge in [-0.1, -0.05) is 18.2 Å². The molecule has 7 nitrogen and oxygen atoms in total. The largest absolute Gasteiger partial charge is 0.477 e. The number of rotatable bonds is 5. The van der Waals surface area contributed by atoms with Crippen LogP contribution in [0.3, 0.4) is 0 Å². The van der Waals surface area contributed by atoms with Crippen LogP contribution < -0.4 is 0 Å². The number of aromatic nitrogens is 2. The predicted octanol–water partition coefficient (Wildman–Crippen LogP) is 1.63. The van der Waals surface area contributed by atoms with Crippen LogP contribution in [0.2, 0.25) is 0 Å². The molecule has 0 saturated carbocycles. The first kappa shape index (κ1) is 18.1. The third-order valence-electron chi connectivity index (χ3n) is 4.65. The zero-order chi connectivity index (χ0) is 18.7. The lowest BCUT2D eigenvalue weighted by atomic mass is 10.1. The van der Waals surface area contributed by atoms with E-state index in [1.165, 1.54) is 23.0 Å². The quantitative estimate of drug-likeness (QED) is 0.877. The Hall–Kier alpha value is -2.74. The zero-order valence-electron chi connectivity index (χ0n) is 14.5. The van der Waals surface area contributed by atoms with E-state index in [0.29, 0.717) is 38.3 Å². The lowest BCUT2D eigenvalue weighted by molar-refractivity contribution is -0.136. The average molecular weight is 360 g/mol. The Balaban J connectivity index is 1.59. The molecule has 1 N–H and O–H groups in total. The molecule has 2 heterocycles. The van der Waals surface area contributed by atoms with Crippen molar-refractivity contribution in [1.29, 1.82) is 0 Å². The van der Waals surface area contributed by atoms with E-state index in [1.807, 2.05) is 6.07 Å². The van der Waals surface area contributed by atoms with Gasteiger partial charge in [0.25, 0.3) is 0 Å². The second-order valence-electron chi connectivity index (χ2n) is 6.33. The fraction of sp³-hybridized carbons (Fsp3) is 0.389. The van der Waals surface area contributed by atoms with Gasteiger partial charge in [-0.3, -0.25) is 9.69 Å². The van der Waals surface area contributed by atoms with E-state index in [0.717, 1.165) is 0 Å². The molecule has 0 bridgehead atoms. The molecule has 1 fully saturated rings. The van der Waals surface area contributed by atoms with Gasteiger partial charge in [0.2, 0.25) is 5.91 Å². The minimum absolute atomic E-state index is 0.0101. The number of hydrogen-bond acceptors (Lipinski definition) is 4. The van der Waals surface area contributed by atoms with Gasteiger partial charge in [-0.2, -0.15) is 5.10 Å². The van der Waals surface area contributed by atoms with Crippen molar-refractivity contribution in [3.8, 4) is 0 Å². The first-order valence-electron chi connectivity index (χ1n) is 8.48. The van der Waals surface area contributed by atoms with Gasteiger partial charge in [0, 0.05) is 44.5 Å². The van der Waals surface area contributed by atoms with Gasteiger partial charge >= 0.3 is 5.97 Å². The summed E-state index contributed by atoms with van der Waals surface area (Å²) in [5.74, 6) is -1.50. The number of hydrogen-bond donors (Lipinski definition) is 1. The SMILES string of the molecule is CC(C(=O)N1CCN(Cc2ccccc2F)CC1)n1nccc1C(=O)O. The molecule has 1 unspecified atom stereocenters. The third-order valence-corrected chi connectivity index (χ3v) is 4.65. The number of piperazine rings is 1. The number of carbonyl (C=O) groups is 2. The van der Waals surface area contributed by atoms with Crippen molar-refractivity contribution in [3.05, 3.63) is 53.6 Å². The van der Waals surface area contributed by atoms with Gasteiger partial charge in [0.1, 0.15) is 17.6 Å². The number of carbonyl (C=O) groups excluding carboxylic acids is 1. The van der Waals surface area contributed by atoms with Crippen LogP contribution >= 0.6 is 0 Å². The van der Waals surface area contributed by atoms with Crippen molar-refractivity contribution in [2.45, 2.75) is 19.5 Å². The van der Waals surface area contributed by atoms with Crippen LogP contribution in [-0.2, 0) is 11.3 Å². The predicted molar refractivity (Wildman–Crippen MR) is 92.2 cm³/mol. The maximum atomic E-state index is 13.8. The molecule has 3 rings (SSSR count). The van der Waals surface area contributed by atoms with Crippen LogP contribution in [0.15, 0.2) is 36.5 Å². The van der Waals surface area contributed by atoms with Crippen molar-refractivity contribution in [2.75, 3.05) is 26.2 Å². The third kappa shape index (κ3) is 3.75. The number of halogens is 1. The Kier molecular flexibility index (Phi) is 5.32. The number of carboxylic acids is 1. The van der Waals surface area contributed by atoms with Gasteiger partial charge in [-0.15, -0.1) is 0 Å². The molecule has 1 saturated heterocycles. The van der Waals surface area contributed by atoms with Gasteiger partial charge < -0.3 is 10.0 Å². The van der Waals surface area contributed by atoms with Gasteiger partial charge in [0.05, 0.1) is 0 Å². The topological polar surface area (TPSA) is 78.7 Å². The Morgan fingerprint density at radius 3 is 2.54 bits per heavy atom. The maximum absolute atomic E-state index is 13.8. The Bertz CT molecular complexity index is 799. The standard InChI is InChI=1S/C18H21FN4O3/c1-13(23-16(18(25)26)6-7-20-23)17(24)22-10-8-21(9-11-22)12-14-4-2-3-5-15(14)19/h2-7,13H,8-12H2,1H3,(H,25,26). The van der Waals surface area contributed by atoms with Gasteiger partial charge in [-0.25, -0.2) is 13.9 Å². The molecule has 1 aliphatic rings. The van der Waals surface area contributed by atoms with Crippen molar-refractivity contribution < 1.29 is 19.1 Å². The van der Waals surface area contributed by atoms with E-state index in [9.17, 15) is 14.0 Å². The van der Waals surface area contributed by atoms with E-state index >= 15 is 0 Å². The first-order chi connectivity index (χ1) is 12.5. The molecule has 2 aromatic rings. The summed E-state index contributed by atoms with van der Waals surface area (Å²) in [4.78, 5) is 27.7. The van der Waals surface area contributed by atoms with Crippen molar-refractivity contribution in [3.63, 3.8) is 0 Å². The lowest BCUT2D eigenvalue weighted by Gasteiger charge is -2.36. The minimum atomic E-state index is -1.11. The van der Waals surface area contributed by atoms with Crippen molar-refractivity contribution in [1.82, 2.24) is 19.6 Å². The van der Waals surface area contributed by atoms with Crippen LogP contribution in [0.1, 0.15) is 29.0 Å². The molecule has 1 aromatic carbocycles. The molecule has 1 amide bonds. The van der Waals surface area contributed by atoms with E-state index < -0.39 is 12.0 Å². The van der Waals surface area contributed by atoms with Crippen LogP contribution in [0.25, 0.3) is 0 Å². The van der Waals surface area contributed by atoms with E-state index in [4.69, 9.17) is 5.11 Å². The highest BCUT2D eigenvalue weighted by Crippen LogP contribution is 2.16. The monoisotopic (exact) mass is 360 g/mol. The lowest BCUT2D eigenvalue weighted by Crippen LogP contribution is -2.50. The summed E-state index contributed by atoms with van der Waals surface area (Å²) < 4.78 is 15.0. The summed E-state index contributed by atoms with van der Waals surface area (Å²) in [5, 5.41) is 13.1. The molecule has 1 aromatic heterocycles. The van der Waals surface area contributed by atoms with Gasteiger partial charge in [-0.05, 0) is 19.1 Å². The number of carboxylic acid groups (broad SMARTS) is 1. The fourth-order valence-corrected chi connectivity index (χ4v) is 3.15. The summed E-state index contributed by atoms with van der Waals surface area (Å²) in [7, 11) is 0. The Labute approximate surface area is 150 Å². The molecular formula is C18H21FN4O3. The normalized spacial score (nSPS) is 16.5. The van der Waals surface area contributed by atoms with Crippen molar-refractivity contribution in [2.24, 2.45) is 0 Å². The van der Waals surface area contributed by atoms with Gasteiger partial charge in [0.15, 0.2) is 0 Å². The maximum Gasteiger partial charge on any atom is 0.354 e. The molecule has 1 atom stereocenters. The molecule has 138 valence electrons. The first-order valence-corrected chi connectivity index (χ1v) is 8.48. The smallest absolute Gasteiger partial charge is 0.354 e. The molecule has 0 radical (unpaired) electrons. The van der Waals surface area contributed by atoms with E-state index in [1.54, 1.807) is 24.0 Å². The molecule has 1 aliphatic heterocycles. The average Bonchev–Trinajstić information content (AvgIpc) is 3.13. The van der Waals surface area contributed by atoms with E-state index in [-0.39, 0.29) is 17.4 Å². The highest BCUT2D eigenvalue weighted by Gasteiger charge is 2.28. The fourth-order valence-electron chi connectivity index (χ4n) is 3.15. The molecule has 8 heteroatoms. The number of aromatic carboxylic acids is 1. The second-order valence-corrected chi connectivity index (χ2v) is 6.33. The van der Waals surface area contributed by atoms with Crippen LogP contribution in [0.5, 0.6) is 0 Å². The Morgan fingerprint density at radius 1 is 1.19 bits per heavy atom. The minimum Gasteiger partial charge on any atom is -0.477 e. The summed E-state index contributed by atoms with van der Waals surface area (Å²) in [6, 6.07) is 7.37. The summed E-state index contributed by atoms with van der Waals surface area (Å²) in [5.41, 5.74) is 0.632. The summed E-state index contributed by atoms with van der Waals surface area (Å²) >= 11 is 0. The highest BCUT2D eigenvalue weighted by atomic mass is 19.1. The summed E-state index contributed by atoms with van der Waals surface area (Å²) in [6.45, 7) is 4.46. The molecule has 0 aliphatic carbocycles. The molecular weight excluding hydrogens is 339 g/mol. The van der Waals surface area contributed by atoms with Crippen LogP contribution in [0.4, 0.5) is 4.39 Å². The number of amides is 1. The molecule has 0 spiro atoms. The number of nitrogens with zero attached hydrogens (tertiary/aromatic N) is 4. The zero-order valence-corrected chi connectivity index (χ0v) is 14.5. The Morgan fingerprint density at radius 2 is 1.88 bits per heavy atom. The van der Waals surface area contributed by atoms with Crippen LogP contribution in [-0.4, -0.2) is 62.7 Å². The molecule has 26 heavy (non-hydrogen) atoms. The van der Waals surface area contributed by atoms with E-state index in [2.05, 4.69) is 10.00 Å². The second kappa shape index (κ2) is 7.65. The highest BCUT2D eigenvalue weighted by molar-refractivity contribution is 5.87. The van der Waals surface area contributed by atoms with Crippen molar-refractivity contribution >= 4 is 11.9 Å². The number of benzene rings is 1. The van der Waals surface area contributed by atoms with Crippen LogP contribution in [0, 0.1) is 5.82 Å².